The van der Waals surface area contributed by atoms with Crippen molar-refractivity contribution in [3.05, 3.63) is 0 Å². The van der Waals surface area contributed by atoms with Gasteiger partial charge < -0.3 is 13.8 Å². The molecule has 0 spiro atoms. The van der Waals surface area contributed by atoms with E-state index >= 15 is 0 Å². The normalized spacial score (nSPS) is 32.8. The van der Waals surface area contributed by atoms with Gasteiger partial charge in [-0.3, -0.25) is 0 Å². The lowest BCUT2D eigenvalue weighted by atomic mass is 9.75. The molecule has 4 atom stereocenters. The Labute approximate surface area is 151 Å². The first kappa shape index (κ1) is 20.2. The quantitative estimate of drug-likeness (QED) is 0.469. The second-order valence-electron chi connectivity index (χ2n) is 6.96. The third-order valence-corrected chi connectivity index (χ3v) is 9.64. The van der Waals surface area contributed by atoms with E-state index in [1.54, 1.807) is 11.6 Å². The maximum Gasteiger partial charge on any atom is 0.262 e. The summed E-state index contributed by atoms with van der Waals surface area (Å²) in [6.07, 6.45) is 3.90. The van der Waals surface area contributed by atoms with Crippen molar-refractivity contribution in [3.8, 4) is 0 Å². The lowest BCUT2D eigenvalue weighted by Gasteiger charge is -2.40. The van der Waals surface area contributed by atoms with E-state index in [1.165, 1.54) is 12.8 Å². The van der Waals surface area contributed by atoms with Crippen LogP contribution in [-0.2, 0) is 25.6 Å². The van der Waals surface area contributed by atoms with E-state index in [4.69, 9.17) is 25.6 Å². The number of nitrogens with zero attached hydrogens (tertiary/aromatic N) is 1. The highest BCUT2D eigenvalue weighted by Crippen LogP contribution is 2.64. The molecule has 0 N–H and O–H groups in total. The average Bonchev–Trinajstić information content (AvgIpc) is 2.47. The molecule has 0 amide bonds. The Balaban J connectivity index is 2.04. The Hall–Kier alpha value is 0.840. The van der Waals surface area contributed by atoms with Crippen LogP contribution in [0.25, 0.3) is 0 Å². The van der Waals surface area contributed by atoms with Crippen molar-refractivity contribution in [1.82, 2.24) is 4.31 Å². The molecule has 7 heteroatoms. The van der Waals surface area contributed by atoms with E-state index in [0.717, 1.165) is 32.7 Å². The summed E-state index contributed by atoms with van der Waals surface area (Å²) in [7, 11) is 0. The minimum absolute atomic E-state index is 0.240. The highest BCUT2D eigenvalue weighted by Gasteiger charge is 2.37. The first-order valence-corrected chi connectivity index (χ1v) is 12.9. The van der Waals surface area contributed by atoms with Crippen molar-refractivity contribution in [2.24, 2.45) is 17.8 Å². The van der Waals surface area contributed by atoms with Gasteiger partial charge in [-0.05, 0) is 49.3 Å². The van der Waals surface area contributed by atoms with E-state index in [9.17, 15) is 0 Å². The van der Waals surface area contributed by atoms with Crippen molar-refractivity contribution < 1.29 is 13.8 Å². The molecule has 0 bridgehead atoms. The lowest BCUT2D eigenvalue weighted by Crippen LogP contribution is -2.34. The van der Waals surface area contributed by atoms with Gasteiger partial charge in [0.05, 0.1) is 25.9 Å². The number of rotatable bonds is 7. The Morgan fingerprint density at radius 3 is 2.61 bits per heavy atom. The average molecular weight is 382 g/mol. The third-order valence-electron chi connectivity index (χ3n) is 4.70. The molecule has 4 nitrogen and oxygen atoms in total. The molecule has 1 aliphatic heterocycles. The van der Waals surface area contributed by atoms with Gasteiger partial charge in [-0.1, -0.05) is 27.2 Å². The Morgan fingerprint density at radius 1 is 1.30 bits per heavy atom. The molecular formula is C16H32NO3PS2. The molecule has 1 aliphatic carbocycles. The van der Waals surface area contributed by atoms with Crippen molar-refractivity contribution in [1.29, 1.82) is 0 Å². The fourth-order valence-electron chi connectivity index (χ4n) is 3.40. The molecule has 0 aromatic carbocycles. The van der Waals surface area contributed by atoms with Gasteiger partial charge in [0, 0.05) is 24.7 Å². The van der Waals surface area contributed by atoms with Crippen LogP contribution >= 0.6 is 17.3 Å². The molecule has 1 saturated carbocycles. The predicted octanol–water partition coefficient (Wildman–Crippen LogP) is 4.71. The first-order valence-electron chi connectivity index (χ1n) is 8.89. The second kappa shape index (κ2) is 9.51. The minimum atomic E-state index is -2.34. The fourth-order valence-corrected chi connectivity index (χ4v) is 8.77. The second-order valence-corrected chi connectivity index (χ2v) is 13.1. The summed E-state index contributed by atoms with van der Waals surface area (Å²) < 4.78 is 20.2. The predicted molar refractivity (Wildman–Crippen MR) is 102 cm³/mol. The van der Waals surface area contributed by atoms with Gasteiger partial charge in [0.25, 0.3) is 5.69 Å². The van der Waals surface area contributed by atoms with Gasteiger partial charge in [0.15, 0.2) is 0 Å². The van der Waals surface area contributed by atoms with Gasteiger partial charge in [-0.25, -0.2) is 4.31 Å². The van der Waals surface area contributed by atoms with E-state index in [-0.39, 0.29) is 6.10 Å². The number of hydrogen-bond acceptors (Lipinski definition) is 6. The van der Waals surface area contributed by atoms with Crippen LogP contribution in [0, 0.1) is 17.8 Å². The van der Waals surface area contributed by atoms with Crippen molar-refractivity contribution in [2.75, 3.05) is 32.9 Å². The van der Waals surface area contributed by atoms with Crippen LogP contribution in [0.4, 0.5) is 0 Å². The highest BCUT2D eigenvalue weighted by molar-refractivity contribution is 8.67. The van der Waals surface area contributed by atoms with Crippen LogP contribution in [-0.4, -0.2) is 43.3 Å². The summed E-state index contributed by atoms with van der Waals surface area (Å²) in [5, 5.41) is 0. The van der Waals surface area contributed by atoms with E-state index in [2.05, 4.69) is 25.1 Å². The lowest BCUT2D eigenvalue weighted by molar-refractivity contribution is 0.0455. The summed E-state index contributed by atoms with van der Waals surface area (Å²) in [4.78, 5) is 0. The summed E-state index contributed by atoms with van der Waals surface area (Å²) >= 11 is 7.52. The smallest absolute Gasteiger partial charge is 0.262 e. The van der Waals surface area contributed by atoms with Gasteiger partial charge in [-0.15, -0.1) is 0 Å². The third kappa shape index (κ3) is 6.25. The van der Waals surface area contributed by atoms with Crippen molar-refractivity contribution >= 4 is 29.1 Å². The Morgan fingerprint density at radius 2 is 2.00 bits per heavy atom. The number of hydrogen-bond donors (Lipinski definition) is 0. The summed E-state index contributed by atoms with van der Waals surface area (Å²) in [5.74, 6) is 1.94. The largest absolute Gasteiger partial charge is 0.379 e. The zero-order valence-corrected chi connectivity index (χ0v) is 17.4. The Kier molecular flexibility index (Phi) is 8.34. The monoisotopic (exact) mass is 381 g/mol. The van der Waals surface area contributed by atoms with Crippen LogP contribution in [0.2, 0.25) is 0 Å². The maximum atomic E-state index is 6.55. The molecule has 2 fully saturated rings. The van der Waals surface area contributed by atoms with Crippen LogP contribution in [0.1, 0.15) is 47.0 Å². The first-order chi connectivity index (χ1) is 10.9. The molecule has 136 valence electrons. The molecule has 1 saturated heterocycles. The van der Waals surface area contributed by atoms with Crippen LogP contribution in [0.15, 0.2) is 0 Å². The SMILES string of the molecule is CCO[P@@](=S)(O[C@@H]1C[C@H](C)CC[C@H]1C(C)C)SN1CCOCC1. The van der Waals surface area contributed by atoms with Gasteiger partial charge in [-0.2, -0.15) is 0 Å². The summed E-state index contributed by atoms with van der Waals surface area (Å²) in [5.41, 5.74) is -2.34. The van der Waals surface area contributed by atoms with Crippen LogP contribution < -0.4 is 0 Å². The molecular weight excluding hydrogens is 349 g/mol. The van der Waals surface area contributed by atoms with Crippen LogP contribution in [0.3, 0.4) is 0 Å². The zero-order valence-electron chi connectivity index (χ0n) is 14.9. The van der Waals surface area contributed by atoms with Gasteiger partial charge in [0.2, 0.25) is 0 Å². The van der Waals surface area contributed by atoms with Crippen molar-refractivity contribution in [2.45, 2.75) is 53.1 Å². The highest BCUT2D eigenvalue weighted by atomic mass is 32.9. The standard InChI is InChI=1S/C16H32NO3PS2/c1-5-19-21(22,23-17-8-10-18-11-9-17)20-16-12-14(4)6-7-15(16)13(2)3/h13-16H,5-12H2,1-4H3/t14-,15+,16-,21+/m1/s1. The Bertz CT molecular complexity index is 405. The molecule has 2 rings (SSSR count). The van der Waals surface area contributed by atoms with Gasteiger partial charge >= 0.3 is 0 Å². The zero-order chi connectivity index (χ0) is 16.9. The summed E-state index contributed by atoms with van der Waals surface area (Å²) in [6, 6.07) is 0. The minimum Gasteiger partial charge on any atom is -0.379 e. The van der Waals surface area contributed by atoms with Crippen LogP contribution in [0.5, 0.6) is 0 Å². The summed E-state index contributed by atoms with van der Waals surface area (Å²) in [6.45, 7) is 12.9. The molecule has 0 radical (unpaired) electrons. The number of morpholine rings is 1. The van der Waals surface area contributed by atoms with Crippen molar-refractivity contribution in [3.63, 3.8) is 0 Å². The number of ether oxygens (including phenoxy) is 1. The maximum absolute atomic E-state index is 6.55. The molecule has 0 aromatic heterocycles. The molecule has 0 unspecified atom stereocenters. The van der Waals surface area contributed by atoms with Gasteiger partial charge in [0.1, 0.15) is 0 Å². The topological polar surface area (TPSA) is 30.9 Å². The molecule has 1 heterocycles. The van der Waals surface area contributed by atoms with E-state index in [1.807, 2.05) is 6.92 Å². The van der Waals surface area contributed by atoms with E-state index in [0.29, 0.717) is 24.4 Å². The molecule has 2 aliphatic rings. The molecule has 0 aromatic rings. The van der Waals surface area contributed by atoms with E-state index < -0.39 is 5.69 Å². The fraction of sp³-hybridized carbons (Fsp3) is 1.00. The molecule has 23 heavy (non-hydrogen) atoms.